The van der Waals surface area contributed by atoms with Crippen molar-refractivity contribution >= 4 is 0 Å². The predicted octanol–water partition coefficient (Wildman–Crippen LogP) is 3.28. The molecular formula is C16H32N2. The first-order valence-electron chi connectivity index (χ1n) is 8.15. The molecule has 2 fully saturated rings. The maximum absolute atomic E-state index is 3.86. The largest absolute Gasteiger partial charge is 0.313 e. The molecule has 0 aromatic carbocycles. The highest BCUT2D eigenvalue weighted by Gasteiger charge is 2.41. The average molecular weight is 252 g/mol. The Kier molecular flexibility index (Phi) is 5.08. The van der Waals surface area contributed by atoms with Gasteiger partial charge in [-0.25, -0.2) is 0 Å². The smallest absolute Gasteiger partial charge is 0.00794 e. The first-order valence-corrected chi connectivity index (χ1v) is 8.15. The molecule has 2 aliphatic rings. The van der Waals surface area contributed by atoms with Crippen molar-refractivity contribution < 1.29 is 0 Å². The normalized spacial score (nSPS) is 29.2. The van der Waals surface area contributed by atoms with Crippen molar-refractivity contribution in [3.63, 3.8) is 0 Å². The van der Waals surface area contributed by atoms with Gasteiger partial charge in [0.25, 0.3) is 0 Å². The van der Waals surface area contributed by atoms with Crippen LogP contribution >= 0.6 is 0 Å². The Morgan fingerprint density at radius 3 is 2.72 bits per heavy atom. The number of hydrogen-bond donors (Lipinski definition) is 1. The molecule has 2 atom stereocenters. The van der Waals surface area contributed by atoms with Gasteiger partial charge in [0.15, 0.2) is 0 Å². The molecule has 0 amide bonds. The van der Waals surface area contributed by atoms with E-state index in [1.54, 1.807) is 0 Å². The molecule has 0 radical (unpaired) electrons. The number of nitrogens with one attached hydrogen (secondary N) is 1. The van der Waals surface area contributed by atoms with Crippen molar-refractivity contribution in [2.45, 2.75) is 65.3 Å². The van der Waals surface area contributed by atoms with Crippen LogP contribution in [0.4, 0.5) is 0 Å². The summed E-state index contributed by atoms with van der Waals surface area (Å²) in [5, 5.41) is 3.86. The van der Waals surface area contributed by atoms with E-state index in [1.165, 1.54) is 64.7 Å². The van der Waals surface area contributed by atoms with Crippen molar-refractivity contribution in [1.29, 1.82) is 0 Å². The fourth-order valence-corrected chi connectivity index (χ4v) is 3.55. The van der Waals surface area contributed by atoms with Crippen LogP contribution in [0.1, 0.15) is 59.3 Å². The van der Waals surface area contributed by atoms with Gasteiger partial charge in [0.05, 0.1) is 0 Å². The van der Waals surface area contributed by atoms with Gasteiger partial charge in [0, 0.05) is 19.1 Å². The molecule has 0 spiro atoms. The molecule has 0 aromatic heterocycles. The molecule has 1 saturated heterocycles. The predicted molar refractivity (Wildman–Crippen MR) is 78.9 cm³/mol. The van der Waals surface area contributed by atoms with Crippen LogP contribution in [0.25, 0.3) is 0 Å². The Hall–Kier alpha value is -0.0800. The molecule has 1 aliphatic heterocycles. The minimum Gasteiger partial charge on any atom is -0.313 e. The Morgan fingerprint density at radius 2 is 2.11 bits per heavy atom. The first-order chi connectivity index (χ1) is 8.69. The fraction of sp³-hybridized carbons (Fsp3) is 1.00. The molecule has 1 heterocycles. The monoisotopic (exact) mass is 252 g/mol. The second kappa shape index (κ2) is 6.38. The zero-order valence-electron chi connectivity index (χ0n) is 12.7. The van der Waals surface area contributed by atoms with Crippen LogP contribution in [-0.2, 0) is 0 Å². The van der Waals surface area contributed by atoms with Gasteiger partial charge in [0.2, 0.25) is 0 Å². The van der Waals surface area contributed by atoms with Crippen LogP contribution in [0.3, 0.4) is 0 Å². The number of rotatable bonds is 7. The lowest BCUT2D eigenvalue weighted by atomic mass is 9.90. The molecule has 18 heavy (non-hydrogen) atoms. The van der Waals surface area contributed by atoms with Crippen molar-refractivity contribution in [3.05, 3.63) is 0 Å². The fourth-order valence-electron chi connectivity index (χ4n) is 3.55. The third kappa shape index (κ3) is 3.71. The van der Waals surface area contributed by atoms with E-state index in [-0.39, 0.29) is 0 Å². The highest BCUT2D eigenvalue weighted by Crippen LogP contribution is 2.49. The molecule has 2 nitrogen and oxygen atoms in total. The first kappa shape index (κ1) is 14.3. The summed E-state index contributed by atoms with van der Waals surface area (Å²) in [5.41, 5.74) is 0.697. The van der Waals surface area contributed by atoms with Gasteiger partial charge in [-0.2, -0.15) is 0 Å². The standard InChI is InChI=1S/C16H32N2/c1-4-8-16(9-10-16)13-17-14(3)15-7-6-11-18(5-2)12-15/h14-15,17H,4-13H2,1-3H3. The molecule has 0 aromatic rings. The zero-order valence-corrected chi connectivity index (χ0v) is 12.7. The molecule has 1 N–H and O–H groups in total. The quantitative estimate of drug-likeness (QED) is 0.748. The summed E-state index contributed by atoms with van der Waals surface area (Å²) in [7, 11) is 0. The zero-order chi connectivity index (χ0) is 13.0. The summed E-state index contributed by atoms with van der Waals surface area (Å²) < 4.78 is 0. The number of hydrogen-bond acceptors (Lipinski definition) is 2. The Labute approximate surface area is 114 Å². The van der Waals surface area contributed by atoms with Gasteiger partial charge in [-0.15, -0.1) is 0 Å². The molecule has 1 saturated carbocycles. The molecule has 1 aliphatic carbocycles. The SMILES string of the molecule is CCCC1(CNC(C)C2CCCN(CC)C2)CC1. The third-order valence-corrected chi connectivity index (χ3v) is 5.23. The Bertz CT molecular complexity index is 247. The van der Waals surface area contributed by atoms with Crippen molar-refractivity contribution in [2.24, 2.45) is 11.3 Å². The molecule has 106 valence electrons. The van der Waals surface area contributed by atoms with Crippen LogP contribution in [0.5, 0.6) is 0 Å². The van der Waals surface area contributed by atoms with Gasteiger partial charge in [-0.3, -0.25) is 0 Å². The van der Waals surface area contributed by atoms with Crippen molar-refractivity contribution in [3.8, 4) is 0 Å². The van der Waals surface area contributed by atoms with Gasteiger partial charge >= 0.3 is 0 Å². The van der Waals surface area contributed by atoms with E-state index in [2.05, 4.69) is 31.0 Å². The number of likely N-dealkylation sites (tertiary alicyclic amines) is 1. The second-order valence-electron chi connectivity index (χ2n) is 6.72. The maximum Gasteiger partial charge on any atom is 0.00794 e. The average Bonchev–Trinajstić information content (AvgIpc) is 3.17. The van der Waals surface area contributed by atoms with E-state index in [0.29, 0.717) is 11.5 Å². The van der Waals surface area contributed by atoms with E-state index < -0.39 is 0 Å². The number of nitrogens with zero attached hydrogens (tertiary/aromatic N) is 1. The van der Waals surface area contributed by atoms with E-state index in [9.17, 15) is 0 Å². The minimum absolute atomic E-state index is 0.697. The maximum atomic E-state index is 3.86. The van der Waals surface area contributed by atoms with Crippen molar-refractivity contribution in [1.82, 2.24) is 10.2 Å². The lowest BCUT2D eigenvalue weighted by Gasteiger charge is -2.36. The summed E-state index contributed by atoms with van der Waals surface area (Å²) in [6.45, 7) is 12.1. The summed E-state index contributed by atoms with van der Waals surface area (Å²) >= 11 is 0. The summed E-state index contributed by atoms with van der Waals surface area (Å²) in [5.74, 6) is 0.871. The third-order valence-electron chi connectivity index (χ3n) is 5.23. The van der Waals surface area contributed by atoms with Gasteiger partial charge in [0.1, 0.15) is 0 Å². The van der Waals surface area contributed by atoms with Crippen LogP contribution in [0, 0.1) is 11.3 Å². The topological polar surface area (TPSA) is 15.3 Å². The van der Waals surface area contributed by atoms with E-state index >= 15 is 0 Å². The van der Waals surface area contributed by atoms with Crippen LogP contribution in [0.15, 0.2) is 0 Å². The number of piperidine rings is 1. The Balaban J connectivity index is 1.72. The summed E-state index contributed by atoms with van der Waals surface area (Å²) in [6.07, 6.45) is 8.52. The van der Waals surface area contributed by atoms with Crippen LogP contribution in [0.2, 0.25) is 0 Å². The van der Waals surface area contributed by atoms with E-state index in [4.69, 9.17) is 0 Å². The van der Waals surface area contributed by atoms with Gasteiger partial charge < -0.3 is 10.2 Å². The van der Waals surface area contributed by atoms with E-state index in [1.807, 2.05) is 0 Å². The van der Waals surface area contributed by atoms with Crippen LogP contribution < -0.4 is 5.32 Å². The molecular weight excluding hydrogens is 220 g/mol. The minimum atomic E-state index is 0.697. The molecule has 2 heteroatoms. The van der Waals surface area contributed by atoms with Crippen LogP contribution in [-0.4, -0.2) is 37.1 Å². The molecule has 0 bridgehead atoms. The second-order valence-corrected chi connectivity index (χ2v) is 6.72. The molecule has 2 unspecified atom stereocenters. The molecule has 2 rings (SSSR count). The summed E-state index contributed by atoms with van der Waals surface area (Å²) in [6, 6.07) is 0.702. The van der Waals surface area contributed by atoms with Gasteiger partial charge in [-0.1, -0.05) is 20.3 Å². The lowest BCUT2D eigenvalue weighted by Crippen LogP contribution is -2.45. The highest BCUT2D eigenvalue weighted by atomic mass is 15.1. The van der Waals surface area contributed by atoms with Gasteiger partial charge in [-0.05, 0) is 63.5 Å². The van der Waals surface area contributed by atoms with Crippen molar-refractivity contribution in [2.75, 3.05) is 26.2 Å². The lowest BCUT2D eigenvalue weighted by molar-refractivity contribution is 0.154. The summed E-state index contributed by atoms with van der Waals surface area (Å²) in [4.78, 5) is 2.62. The van der Waals surface area contributed by atoms with E-state index in [0.717, 1.165) is 5.92 Å². The highest BCUT2D eigenvalue weighted by molar-refractivity contribution is 4.95. The Morgan fingerprint density at radius 1 is 1.33 bits per heavy atom.